The molecule has 0 aliphatic rings. The first kappa shape index (κ1) is 16.3. The molecule has 0 aliphatic heterocycles. The molecule has 0 radical (unpaired) electrons. The summed E-state index contributed by atoms with van der Waals surface area (Å²) < 4.78 is 10.4. The van der Waals surface area contributed by atoms with E-state index in [2.05, 4.69) is 0 Å². The van der Waals surface area contributed by atoms with Gasteiger partial charge in [0.1, 0.15) is 22.7 Å². The van der Waals surface area contributed by atoms with E-state index in [0.29, 0.717) is 22.6 Å². The first-order chi connectivity index (χ1) is 10.3. The summed E-state index contributed by atoms with van der Waals surface area (Å²) in [4.78, 5) is 0. The van der Waals surface area contributed by atoms with E-state index in [1.807, 2.05) is 0 Å². The number of benzene rings is 2. The van der Waals surface area contributed by atoms with Gasteiger partial charge in [-0.25, -0.2) is 0 Å². The molecule has 0 aliphatic carbocycles. The van der Waals surface area contributed by atoms with Crippen molar-refractivity contribution >= 4 is 0 Å². The molecule has 0 saturated heterocycles. The lowest BCUT2D eigenvalue weighted by atomic mass is 9.76. The topological polar surface area (TPSA) is 58.9 Å². The minimum Gasteiger partial charge on any atom is -0.497 e. The minimum atomic E-state index is -1.51. The zero-order valence-corrected chi connectivity index (χ0v) is 13.3. The highest BCUT2D eigenvalue weighted by Crippen LogP contribution is 2.41. The Labute approximate surface area is 130 Å². The lowest BCUT2D eigenvalue weighted by molar-refractivity contribution is -0.143. The standard InChI is InChI=1S/C18H22O4/c1-17(19,13-7-5-9-15(11-13)21-3)18(2,20)14-8-6-10-16(12-14)22-4/h5-12,19-20H,1-4H3/t17-,18+. The molecule has 4 nitrogen and oxygen atoms in total. The van der Waals surface area contributed by atoms with Gasteiger partial charge in [0, 0.05) is 0 Å². The van der Waals surface area contributed by atoms with Crippen LogP contribution in [-0.4, -0.2) is 24.4 Å². The highest BCUT2D eigenvalue weighted by atomic mass is 16.5. The largest absolute Gasteiger partial charge is 0.497 e. The van der Waals surface area contributed by atoms with Gasteiger partial charge in [0.25, 0.3) is 0 Å². The highest BCUT2D eigenvalue weighted by molar-refractivity contribution is 5.39. The van der Waals surface area contributed by atoms with E-state index in [9.17, 15) is 10.2 Å². The van der Waals surface area contributed by atoms with Crippen LogP contribution in [0.4, 0.5) is 0 Å². The predicted octanol–water partition coefficient (Wildman–Crippen LogP) is 2.82. The Balaban J connectivity index is 2.48. The highest BCUT2D eigenvalue weighted by Gasteiger charge is 2.44. The lowest BCUT2D eigenvalue weighted by Gasteiger charge is -2.39. The molecule has 2 rings (SSSR count). The first-order valence-electron chi connectivity index (χ1n) is 7.06. The van der Waals surface area contributed by atoms with Crippen LogP contribution in [0, 0.1) is 0 Å². The summed E-state index contributed by atoms with van der Waals surface area (Å²) in [6.07, 6.45) is 0. The number of ether oxygens (including phenoxy) is 2. The average Bonchev–Trinajstić information content (AvgIpc) is 2.54. The van der Waals surface area contributed by atoms with Crippen molar-refractivity contribution in [3.63, 3.8) is 0 Å². The van der Waals surface area contributed by atoms with Gasteiger partial charge in [-0.2, -0.15) is 0 Å². The second-order valence-corrected chi connectivity index (χ2v) is 5.61. The second-order valence-electron chi connectivity index (χ2n) is 5.61. The number of methoxy groups -OCH3 is 2. The maximum atomic E-state index is 11.0. The summed E-state index contributed by atoms with van der Waals surface area (Å²) in [6.45, 7) is 3.17. The molecule has 4 heteroatoms. The molecule has 0 amide bonds. The zero-order chi connectivity index (χ0) is 16.4. The van der Waals surface area contributed by atoms with Gasteiger partial charge in [0.2, 0.25) is 0 Å². The van der Waals surface area contributed by atoms with Crippen LogP contribution >= 0.6 is 0 Å². The van der Waals surface area contributed by atoms with Crippen molar-refractivity contribution in [3.05, 3.63) is 59.7 Å². The Hall–Kier alpha value is -2.04. The summed E-state index contributed by atoms with van der Waals surface area (Å²) in [5, 5.41) is 22.0. The zero-order valence-electron chi connectivity index (χ0n) is 13.3. The molecular weight excluding hydrogens is 280 g/mol. The third kappa shape index (κ3) is 2.80. The molecule has 0 bridgehead atoms. The van der Waals surface area contributed by atoms with E-state index in [-0.39, 0.29) is 0 Å². The van der Waals surface area contributed by atoms with Gasteiger partial charge in [0.05, 0.1) is 14.2 Å². The van der Waals surface area contributed by atoms with Crippen molar-refractivity contribution in [2.24, 2.45) is 0 Å². The Morgan fingerprint density at radius 3 is 1.41 bits per heavy atom. The molecule has 0 spiro atoms. The van der Waals surface area contributed by atoms with Crippen LogP contribution in [0.1, 0.15) is 25.0 Å². The Morgan fingerprint density at radius 2 is 1.09 bits per heavy atom. The van der Waals surface area contributed by atoms with Crippen molar-refractivity contribution in [3.8, 4) is 11.5 Å². The van der Waals surface area contributed by atoms with Crippen LogP contribution in [0.2, 0.25) is 0 Å². The van der Waals surface area contributed by atoms with Crippen molar-refractivity contribution in [2.45, 2.75) is 25.0 Å². The number of aliphatic hydroxyl groups is 2. The third-order valence-corrected chi connectivity index (χ3v) is 4.21. The average molecular weight is 302 g/mol. The van der Waals surface area contributed by atoms with Gasteiger partial charge < -0.3 is 19.7 Å². The van der Waals surface area contributed by atoms with E-state index < -0.39 is 11.2 Å². The SMILES string of the molecule is COc1cccc([C@](C)(O)[C@](C)(O)c2cccc(OC)c2)c1. The van der Waals surface area contributed by atoms with Gasteiger partial charge in [-0.05, 0) is 49.2 Å². The summed E-state index contributed by atoms with van der Waals surface area (Å²) in [5.41, 5.74) is -1.87. The molecule has 0 heterocycles. The van der Waals surface area contributed by atoms with Crippen molar-refractivity contribution in [1.29, 1.82) is 0 Å². The molecule has 0 saturated carbocycles. The Kier molecular flexibility index (Phi) is 4.44. The molecule has 118 valence electrons. The van der Waals surface area contributed by atoms with E-state index in [4.69, 9.17) is 9.47 Å². The number of rotatable bonds is 5. The van der Waals surface area contributed by atoms with Gasteiger partial charge in [-0.3, -0.25) is 0 Å². The first-order valence-corrected chi connectivity index (χ1v) is 7.06. The molecule has 2 aromatic rings. The smallest absolute Gasteiger partial charge is 0.119 e. The molecule has 22 heavy (non-hydrogen) atoms. The summed E-state index contributed by atoms with van der Waals surface area (Å²) in [6, 6.07) is 14.1. The number of hydrogen-bond acceptors (Lipinski definition) is 4. The molecule has 0 aromatic heterocycles. The maximum absolute atomic E-state index is 11.0. The molecule has 0 unspecified atom stereocenters. The van der Waals surface area contributed by atoms with Crippen molar-refractivity contribution in [2.75, 3.05) is 14.2 Å². The molecular formula is C18H22O4. The minimum absolute atomic E-state index is 0.569. The van der Waals surface area contributed by atoms with Gasteiger partial charge in [-0.1, -0.05) is 24.3 Å². The molecule has 0 fully saturated rings. The van der Waals surface area contributed by atoms with Crippen LogP contribution < -0.4 is 9.47 Å². The Morgan fingerprint density at radius 1 is 0.727 bits per heavy atom. The van der Waals surface area contributed by atoms with Gasteiger partial charge in [0.15, 0.2) is 0 Å². The summed E-state index contributed by atoms with van der Waals surface area (Å²) in [7, 11) is 3.13. The van der Waals surface area contributed by atoms with Gasteiger partial charge >= 0.3 is 0 Å². The lowest BCUT2D eigenvalue weighted by Crippen LogP contribution is -2.45. The maximum Gasteiger partial charge on any atom is 0.119 e. The van der Waals surface area contributed by atoms with E-state index in [1.165, 1.54) is 0 Å². The fourth-order valence-corrected chi connectivity index (χ4v) is 2.41. The second kappa shape index (κ2) is 5.99. The quantitative estimate of drug-likeness (QED) is 0.891. The molecule has 2 N–H and O–H groups in total. The van der Waals surface area contributed by atoms with Crippen LogP contribution in [-0.2, 0) is 11.2 Å². The van der Waals surface area contributed by atoms with Gasteiger partial charge in [-0.15, -0.1) is 0 Å². The number of hydrogen-bond donors (Lipinski definition) is 2. The molecule has 2 atom stereocenters. The normalized spacial score (nSPS) is 16.5. The predicted molar refractivity (Wildman–Crippen MR) is 85.1 cm³/mol. The van der Waals surface area contributed by atoms with Crippen LogP contribution in [0.15, 0.2) is 48.5 Å². The van der Waals surface area contributed by atoms with Crippen LogP contribution in [0.3, 0.4) is 0 Å². The monoisotopic (exact) mass is 302 g/mol. The van der Waals surface area contributed by atoms with Crippen molar-refractivity contribution < 1.29 is 19.7 Å². The fourth-order valence-electron chi connectivity index (χ4n) is 2.41. The van der Waals surface area contributed by atoms with Crippen molar-refractivity contribution in [1.82, 2.24) is 0 Å². The van der Waals surface area contributed by atoms with E-state index in [0.717, 1.165) is 0 Å². The Bertz CT molecular complexity index is 590. The van der Waals surface area contributed by atoms with Crippen LogP contribution in [0.5, 0.6) is 11.5 Å². The van der Waals surface area contributed by atoms with E-state index in [1.54, 1.807) is 76.6 Å². The van der Waals surface area contributed by atoms with E-state index >= 15 is 0 Å². The summed E-state index contributed by atoms with van der Waals surface area (Å²) in [5.74, 6) is 1.25. The fraction of sp³-hybridized carbons (Fsp3) is 0.333. The van der Waals surface area contributed by atoms with Crippen LogP contribution in [0.25, 0.3) is 0 Å². The third-order valence-electron chi connectivity index (χ3n) is 4.21. The summed E-state index contributed by atoms with van der Waals surface area (Å²) >= 11 is 0. The molecule has 2 aromatic carbocycles.